The molecule has 2 heterocycles. The van der Waals surface area contributed by atoms with Gasteiger partial charge >= 0.3 is 0 Å². The van der Waals surface area contributed by atoms with Gasteiger partial charge in [-0.25, -0.2) is 0 Å². The third-order valence-corrected chi connectivity index (χ3v) is 6.69. The van der Waals surface area contributed by atoms with Crippen molar-refractivity contribution >= 4 is 17.5 Å². The van der Waals surface area contributed by atoms with E-state index in [-0.39, 0.29) is 30.3 Å². The molecule has 5 nitrogen and oxygen atoms in total. The van der Waals surface area contributed by atoms with Crippen LogP contribution in [0.5, 0.6) is 0 Å². The van der Waals surface area contributed by atoms with Crippen molar-refractivity contribution in [2.75, 3.05) is 18.0 Å². The lowest BCUT2D eigenvalue weighted by atomic mass is 9.96. The smallest absolute Gasteiger partial charge is 0.247 e. The van der Waals surface area contributed by atoms with E-state index in [1.807, 2.05) is 35.2 Å². The molecule has 0 bridgehead atoms. The van der Waals surface area contributed by atoms with Crippen molar-refractivity contribution in [3.8, 4) is 5.69 Å². The number of benzene rings is 2. The van der Waals surface area contributed by atoms with Gasteiger partial charge in [-0.3, -0.25) is 14.5 Å². The van der Waals surface area contributed by atoms with Crippen LogP contribution < -0.4 is 4.90 Å². The van der Waals surface area contributed by atoms with E-state index in [1.54, 1.807) is 4.90 Å². The Morgan fingerprint density at radius 2 is 1.79 bits per heavy atom. The van der Waals surface area contributed by atoms with Crippen molar-refractivity contribution in [3.63, 3.8) is 0 Å². The number of aryl methyl sites for hydroxylation is 1. The second-order valence-electron chi connectivity index (χ2n) is 9.26. The Morgan fingerprint density at radius 3 is 2.52 bits per heavy atom. The Labute approximate surface area is 195 Å². The van der Waals surface area contributed by atoms with Crippen LogP contribution in [0.4, 0.5) is 5.69 Å². The molecule has 2 amide bonds. The number of aromatic nitrogens is 1. The Hall–Kier alpha value is -3.34. The molecule has 1 atom stereocenters. The topological polar surface area (TPSA) is 45.6 Å². The van der Waals surface area contributed by atoms with Crippen molar-refractivity contribution in [2.24, 2.45) is 5.92 Å². The van der Waals surface area contributed by atoms with Gasteiger partial charge in [0.1, 0.15) is 12.6 Å². The molecular weight excluding hydrogens is 410 g/mol. The van der Waals surface area contributed by atoms with Gasteiger partial charge in [0.2, 0.25) is 11.8 Å². The van der Waals surface area contributed by atoms with E-state index in [4.69, 9.17) is 0 Å². The summed E-state index contributed by atoms with van der Waals surface area (Å²) >= 11 is 0. The van der Waals surface area contributed by atoms with Gasteiger partial charge in [-0.15, -0.1) is 0 Å². The van der Waals surface area contributed by atoms with Crippen LogP contribution in [-0.2, 0) is 9.59 Å². The van der Waals surface area contributed by atoms with Gasteiger partial charge in [0.25, 0.3) is 0 Å². The van der Waals surface area contributed by atoms with Crippen LogP contribution >= 0.6 is 0 Å². The maximum atomic E-state index is 14.0. The van der Waals surface area contributed by atoms with Gasteiger partial charge in [-0.2, -0.15) is 0 Å². The summed E-state index contributed by atoms with van der Waals surface area (Å²) in [5, 5.41) is 0. The fraction of sp³-hybridized carbons (Fsp3) is 0.357. The summed E-state index contributed by atoms with van der Waals surface area (Å²) in [5.41, 5.74) is 5.16. The standard InChI is InChI=1S/C28H31N3O2/c1-3-4-16-29(28(33)21-14-15-21)19-26(32)31-24-12-6-5-11-23(24)30-17-8-13-25(30)27(31)22-10-7-9-20(2)18-22/h5-13,17-18,21,27H,3-4,14-16,19H2,1-2H3. The SMILES string of the molecule is CCCCN(CC(=O)N1c2ccccc2-n2cccc2C1c1cccc(C)c1)C(=O)C1CC1. The van der Waals surface area contributed by atoms with E-state index in [0.717, 1.165) is 53.9 Å². The van der Waals surface area contributed by atoms with Gasteiger partial charge in [-0.05, 0) is 56.0 Å². The van der Waals surface area contributed by atoms with E-state index in [0.29, 0.717) is 6.54 Å². The first-order chi connectivity index (χ1) is 16.1. The van der Waals surface area contributed by atoms with E-state index < -0.39 is 0 Å². The minimum absolute atomic E-state index is 0.0356. The van der Waals surface area contributed by atoms with Crippen LogP contribution in [0.1, 0.15) is 55.5 Å². The molecule has 0 spiro atoms. The highest BCUT2D eigenvalue weighted by molar-refractivity contribution is 6.00. The molecule has 0 N–H and O–H groups in total. The molecule has 2 aromatic carbocycles. The maximum Gasteiger partial charge on any atom is 0.247 e. The number of carbonyl (C=O) groups excluding carboxylic acids is 2. The third-order valence-electron chi connectivity index (χ3n) is 6.69. The first-order valence-electron chi connectivity index (χ1n) is 12.0. The molecule has 3 aromatic rings. The fourth-order valence-corrected chi connectivity index (χ4v) is 4.86. The van der Waals surface area contributed by atoms with Crippen LogP contribution in [-0.4, -0.2) is 34.4 Å². The van der Waals surface area contributed by atoms with Gasteiger partial charge in [0.05, 0.1) is 17.1 Å². The molecule has 5 heteroatoms. The van der Waals surface area contributed by atoms with Crippen molar-refractivity contribution < 1.29 is 9.59 Å². The second-order valence-corrected chi connectivity index (χ2v) is 9.26. The minimum atomic E-state index is -0.244. The molecular formula is C28H31N3O2. The number of anilines is 1. The second kappa shape index (κ2) is 8.89. The highest BCUT2D eigenvalue weighted by Crippen LogP contribution is 2.42. The summed E-state index contributed by atoms with van der Waals surface area (Å²) in [7, 11) is 0. The molecule has 1 saturated carbocycles. The Balaban J connectivity index is 1.56. The summed E-state index contributed by atoms with van der Waals surface area (Å²) in [5.74, 6) is 0.206. The average Bonchev–Trinajstić information content (AvgIpc) is 3.56. The largest absolute Gasteiger partial charge is 0.333 e. The van der Waals surface area contributed by atoms with E-state index in [1.165, 1.54) is 0 Å². The first-order valence-corrected chi connectivity index (χ1v) is 12.0. The normalized spacial score (nSPS) is 16.8. The molecule has 5 rings (SSSR count). The number of carbonyl (C=O) groups is 2. The highest BCUT2D eigenvalue weighted by atomic mass is 16.2. The van der Waals surface area contributed by atoms with E-state index >= 15 is 0 Å². The minimum Gasteiger partial charge on any atom is -0.333 e. The Morgan fingerprint density at radius 1 is 1.00 bits per heavy atom. The number of nitrogens with zero attached hydrogens (tertiary/aromatic N) is 3. The Bertz CT molecular complexity index is 1180. The average molecular weight is 442 g/mol. The summed E-state index contributed by atoms with van der Waals surface area (Å²) in [6, 6.07) is 20.3. The molecule has 1 aliphatic heterocycles. The number of hydrogen-bond acceptors (Lipinski definition) is 2. The molecule has 33 heavy (non-hydrogen) atoms. The van der Waals surface area contributed by atoms with Crippen molar-refractivity contribution in [1.82, 2.24) is 9.47 Å². The molecule has 170 valence electrons. The quantitative estimate of drug-likeness (QED) is 0.502. The molecule has 1 aromatic heterocycles. The number of amides is 2. The van der Waals surface area contributed by atoms with Gasteiger partial charge < -0.3 is 9.47 Å². The number of rotatable bonds is 7. The van der Waals surface area contributed by atoms with Crippen molar-refractivity contribution in [3.05, 3.63) is 83.7 Å². The van der Waals surface area contributed by atoms with Crippen molar-refractivity contribution in [1.29, 1.82) is 0 Å². The Kier molecular flexibility index (Phi) is 5.79. The number of unbranched alkanes of at least 4 members (excludes halogenated alkanes) is 1. The van der Waals surface area contributed by atoms with E-state index in [9.17, 15) is 9.59 Å². The van der Waals surface area contributed by atoms with Crippen LogP contribution in [0.2, 0.25) is 0 Å². The fourth-order valence-electron chi connectivity index (χ4n) is 4.86. The van der Waals surface area contributed by atoms with Gasteiger partial charge in [-0.1, -0.05) is 55.3 Å². The monoisotopic (exact) mass is 441 g/mol. The van der Waals surface area contributed by atoms with Crippen LogP contribution in [0.25, 0.3) is 5.69 Å². The van der Waals surface area contributed by atoms with Gasteiger partial charge in [0.15, 0.2) is 0 Å². The summed E-state index contributed by atoms with van der Waals surface area (Å²) in [4.78, 5) is 30.7. The zero-order valence-corrected chi connectivity index (χ0v) is 19.4. The predicted molar refractivity (Wildman–Crippen MR) is 130 cm³/mol. The first kappa shape index (κ1) is 21.5. The lowest BCUT2D eigenvalue weighted by Crippen LogP contribution is -2.47. The lowest BCUT2D eigenvalue weighted by Gasteiger charge is -2.39. The summed E-state index contributed by atoms with van der Waals surface area (Å²) in [6.07, 6.45) is 5.85. The summed E-state index contributed by atoms with van der Waals surface area (Å²) < 4.78 is 2.18. The molecule has 2 aliphatic rings. The molecule has 1 aliphatic carbocycles. The zero-order chi connectivity index (χ0) is 22.9. The number of para-hydroxylation sites is 2. The molecule has 1 fully saturated rings. The van der Waals surface area contributed by atoms with Gasteiger partial charge in [0, 0.05) is 18.7 Å². The summed E-state index contributed by atoms with van der Waals surface area (Å²) in [6.45, 7) is 4.95. The molecule has 1 unspecified atom stereocenters. The van der Waals surface area contributed by atoms with Crippen LogP contribution in [0.15, 0.2) is 66.9 Å². The third kappa shape index (κ3) is 4.08. The zero-order valence-electron chi connectivity index (χ0n) is 19.4. The lowest BCUT2D eigenvalue weighted by molar-refractivity contribution is -0.136. The number of fused-ring (bicyclic) bond motifs is 3. The number of hydrogen-bond donors (Lipinski definition) is 0. The maximum absolute atomic E-state index is 14.0. The molecule has 0 radical (unpaired) electrons. The van der Waals surface area contributed by atoms with Crippen molar-refractivity contribution in [2.45, 2.75) is 45.6 Å². The molecule has 0 saturated heterocycles. The van der Waals surface area contributed by atoms with Crippen LogP contribution in [0, 0.1) is 12.8 Å². The van der Waals surface area contributed by atoms with Crippen LogP contribution in [0.3, 0.4) is 0 Å². The predicted octanol–water partition coefficient (Wildman–Crippen LogP) is 5.26. The van der Waals surface area contributed by atoms with E-state index in [2.05, 4.69) is 54.9 Å². The highest BCUT2D eigenvalue weighted by Gasteiger charge is 2.39.